The molecular formula is C9H19N3O2. The van der Waals surface area contributed by atoms with Gasteiger partial charge in [-0.2, -0.15) is 0 Å². The topological polar surface area (TPSA) is 81.6 Å². The van der Waals surface area contributed by atoms with Gasteiger partial charge in [0.15, 0.2) is 0 Å². The van der Waals surface area contributed by atoms with Crippen molar-refractivity contribution in [2.45, 2.75) is 18.9 Å². The molecule has 0 aromatic rings. The number of primary amides is 1. The van der Waals surface area contributed by atoms with Crippen molar-refractivity contribution >= 4 is 5.91 Å². The molecule has 14 heavy (non-hydrogen) atoms. The van der Waals surface area contributed by atoms with Crippen molar-refractivity contribution < 1.29 is 9.53 Å². The van der Waals surface area contributed by atoms with Gasteiger partial charge >= 0.3 is 0 Å². The lowest BCUT2D eigenvalue weighted by molar-refractivity contribution is -0.118. The monoisotopic (exact) mass is 201 g/mol. The molecular weight excluding hydrogens is 182 g/mol. The zero-order valence-electron chi connectivity index (χ0n) is 8.45. The fourth-order valence-corrected chi connectivity index (χ4v) is 1.53. The number of morpholine rings is 1. The van der Waals surface area contributed by atoms with Crippen LogP contribution in [0.3, 0.4) is 0 Å². The number of nitrogens with two attached hydrogens (primary N) is 2. The third-order valence-corrected chi connectivity index (χ3v) is 2.36. The summed E-state index contributed by atoms with van der Waals surface area (Å²) in [6.07, 6.45) is 1.05. The minimum atomic E-state index is -0.276. The summed E-state index contributed by atoms with van der Waals surface area (Å²) in [4.78, 5) is 12.8. The van der Waals surface area contributed by atoms with Crippen LogP contribution in [-0.4, -0.2) is 49.7 Å². The molecule has 5 nitrogen and oxygen atoms in total. The van der Waals surface area contributed by atoms with E-state index in [2.05, 4.69) is 4.90 Å². The SMILES string of the molecule is NC(=O)CC[C@H](N)CN1CCOCC1. The molecule has 1 amide bonds. The molecule has 0 spiro atoms. The predicted molar refractivity (Wildman–Crippen MR) is 53.7 cm³/mol. The highest BCUT2D eigenvalue weighted by Crippen LogP contribution is 2.01. The maximum absolute atomic E-state index is 10.5. The first kappa shape index (κ1) is 11.4. The minimum Gasteiger partial charge on any atom is -0.379 e. The van der Waals surface area contributed by atoms with Gasteiger partial charge in [-0.05, 0) is 6.42 Å². The van der Waals surface area contributed by atoms with E-state index in [0.29, 0.717) is 12.8 Å². The van der Waals surface area contributed by atoms with E-state index in [1.807, 2.05) is 0 Å². The molecule has 4 N–H and O–H groups in total. The van der Waals surface area contributed by atoms with Crippen LogP contribution in [0, 0.1) is 0 Å². The number of nitrogens with zero attached hydrogens (tertiary/aromatic N) is 1. The quantitative estimate of drug-likeness (QED) is 0.592. The molecule has 1 atom stereocenters. The summed E-state index contributed by atoms with van der Waals surface area (Å²) in [5.74, 6) is -0.276. The van der Waals surface area contributed by atoms with E-state index >= 15 is 0 Å². The average molecular weight is 201 g/mol. The van der Waals surface area contributed by atoms with Crippen molar-refractivity contribution in [3.05, 3.63) is 0 Å². The van der Waals surface area contributed by atoms with Gasteiger partial charge in [0.2, 0.25) is 5.91 Å². The Bertz CT molecular complexity index is 181. The molecule has 1 fully saturated rings. The van der Waals surface area contributed by atoms with E-state index in [1.165, 1.54) is 0 Å². The van der Waals surface area contributed by atoms with Gasteiger partial charge in [0, 0.05) is 32.1 Å². The summed E-state index contributed by atoms with van der Waals surface area (Å²) in [5.41, 5.74) is 10.9. The number of hydrogen-bond acceptors (Lipinski definition) is 4. The van der Waals surface area contributed by atoms with Gasteiger partial charge in [-0.1, -0.05) is 0 Å². The molecule has 82 valence electrons. The normalized spacial score (nSPS) is 20.6. The molecule has 5 heteroatoms. The molecule has 0 aromatic heterocycles. The Balaban J connectivity index is 2.11. The highest BCUT2D eigenvalue weighted by molar-refractivity contribution is 5.73. The van der Waals surface area contributed by atoms with Crippen LogP contribution >= 0.6 is 0 Å². The Morgan fingerprint density at radius 2 is 2.07 bits per heavy atom. The Morgan fingerprint density at radius 3 is 2.64 bits per heavy atom. The molecule has 1 aliphatic heterocycles. The van der Waals surface area contributed by atoms with Crippen molar-refractivity contribution in [1.29, 1.82) is 0 Å². The molecule has 0 aliphatic carbocycles. The van der Waals surface area contributed by atoms with Crippen LogP contribution in [0.5, 0.6) is 0 Å². The Morgan fingerprint density at radius 1 is 1.43 bits per heavy atom. The molecule has 0 saturated carbocycles. The summed E-state index contributed by atoms with van der Waals surface area (Å²) < 4.78 is 5.22. The summed E-state index contributed by atoms with van der Waals surface area (Å²) in [6.45, 7) is 4.26. The van der Waals surface area contributed by atoms with E-state index in [1.54, 1.807) is 0 Å². The Hall–Kier alpha value is -0.650. The second-order valence-electron chi connectivity index (χ2n) is 3.68. The first-order chi connectivity index (χ1) is 6.68. The smallest absolute Gasteiger partial charge is 0.217 e. The number of amides is 1. The number of rotatable bonds is 5. The zero-order chi connectivity index (χ0) is 10.4. The van der Waals surface area contributed by atoms with Crippen LogP contribution in [0.2, 0.25) is 0 Å². The second-order valence-corrected chi connectivity index (χ2v) is 3.68. The third-order valence-electron chi connectivity index (χ3n) is 2.36. The Kier molecular flexibility index (Phi) is 4.86. The first-order valence-corrected chi connectivity index (χ1v) is 5.02. The van der Waals surface area contributed by atoms with Gasteiger partial charge in [-0.3, -0.25) is 9.69 Å². The predicted octanol–water partition coefficient (Wildman–Crippen LogP) is -1.09. The molecule has 0 unspecified atom stereocenters. The third kappa shape index (κ3) is 4.55. The molecule has 0 aromatic carbocycles. The first-order valence-electron chi connectivity index (χ1n) is 5.02. The molecule has 1 heterocycles. The fourth-order valence-electron chi connectivity index (χ4n) is 1.53. The lowest BCUT2D eigenvalue weighted by atomic mass is 10.1. The van der Waals surface area contributed by atoms with E-state index in [9.17, 15) is 4.79 Å². The largest absolute Gasteiger partial charge is 0.379 e. The van der Waals surface area contributed by atoms with Gasteiger partial charge in [0.25, 0.3) is 0 Å². The lowest BCUT2D eigenvalue weighted by Gasteiger charge is -2.28. The highest BCUT2D eigenvalue weighted by atomic mass is 16.5. The molecule has 0 radical (unpaired) electrons. The van der Waals surface area contributed by atoms with Crippen LogP contribution in [0.1, 0.15) is 12.8 Å². The van der Waals surface area contributed by atoms with Crippen molar-refractivity contribution in [3.63, 3.8) is 0 Å². The highest BCUT2D eigenvalue weighted by Gasteiger charge is 2.14. The number of hydrogen-bond donors (Lipinski definition) is 2. The van der Waals surface area contributed by atoms with Crippen molar-refractivity contribution in [3.8, 4) is 0 Å². The standard InChI is InChI=1S/C9H19N3O2/c10-8(1-2-9(11)13)7-12-3-5-14-6-4-12/h8H,1-7,10H2,(H2,11,13)/t8-/m0/s1. The van der Waals surface area contributed by atoms with Crippen LogP contribution in [0.4, 0.5) is 0 Å². The van der Waals surface area contributed by atoms with Gasteiger partial charge in [-0.25, -0.2) is 0 Å². The number of ether oxygens (including phenoxy) is 1. The van der Waals surface area contributed by atoms with Crippen molar-refractivity contribution in [1.82, 2.24) is 4.90 Å². The van der Waals surface area contributed by atoms with Crippen LogP contribution < -0.4 is 11.5 Å². The van der Waals surface area contributed by atoms with Gasteiger partial charge in [-0.15, -0.1) is 0 Å². The summed E-state index contributed by atoms with van der Waals surface area (Å²) in [7, 11) is 0. The van der Waals surface area contributed by atoms with E-state index in [0.717, 1.165) is 32.8 Å². The second kappa shape index (κ2) is 5.95. The van der Waals surface area contributed by atoms with E-state index in [4.69, 9.17) is 16.2 Å². The van der Waals surface area contributed by atoms with Crippen molar-refractivity contribution in [2.24, 2.45) is 11.5 Å². The summed E-state index contributed by atoms with van der Waals surface area (Å²) >= 11 is 0. The molecule has 1 rings (SSSR count). The average Bonchev–Trinajstić information content (AvgIpc) is 2.16. The molecule has 0 bridgehead atoms. The van der Waals surface area contributed by atoms with E-state index < -0.39 is 0 Å². The van der Waals surface area contributed by atoms with Crippen molar-refractivity contribution in [2.75, 3.05) is 32.8 Å². The Labute approximate surface area is 84.4 Å². The number of carbonyl (C=O) groups is 1. The summed E-state index contributed by atoms with van der Waals surface area (Å²) in [6, 6.07) is 0.0422. The van der Waals surface area contributed by atoms with Crippen LogP contribution in [0.25, 0.3) is 0 Å². The minimum absolute atomic E-state index is 0.0422. The van der Waals surface area contributed by atoms with Gasteiger partial charge < -0.3 is 16.2 Å². The van der Waals surface area contributed by atoms with E-state index in [-0.39, 0.29) is 11.9 Å². The molecule has 1 saturated heterocycles. The van der Waals surface area contributed by atoms with Crippen LogP contribution in [0.15, 0.2) is 0 Å². The van der Waals surface area contributed by atoms with Gasteiger partial charge in [0.05, 0.1) is 13.2 Å². The maximum Gasteiger partial charge on any atom is 0.217 e. The van der Waals surface area contributed by atoms with Crippen LogP contribution in [-0.2, 0) is 9.53 Å². The lowest BCUT2D eigenvalue weighted by Crippen LogP contribution is -2.43. The maximum atomic E-state index is 10.5. The van der Waals surface area contributed by atoms with Gasteiger partial charge in [0.1, 0.15) is 0 Å². The summed E-state index contributed by atoms with van der Waals surface area (Å²) in [5, 5.41) is 0. The zero-order valence-corrected chi connectivity index (χ0v) is 8.45. The molecule has 1 aliphatic rings. The fraction of sp³-hybridized carbons (Fsp3) is 0.889. The number of carbonyl (C=O) groups excluding carboxylic acids is 1.